The Labute approximate surface area is 129 Å². The number of likely N-dealkylation sites (tertiary alicyclic amines) is 1. The first-order chi connectivity index (χ1) is 10.6. The smallest absolute Gasteiger partial charge is 0.317 e. The van der Waals surface area contributed by atoms with E-state index in [1.54, 1.807) is 19.3 Å². The lowest BCUT2D eigenvalue weighted by Crippen LogP contribution is -2.34. The van der Waals surface area contributed by atoms with E-state index in [1.807, 2.05) is 23.1 Å². The van der Waals surface area contributed by atoms with Gasteiger partial charge in [0.1, 0.15) is 0 Å². The van der Waals surface area contributed by atoms with E-state index in [1.165, 1.54) is 10.6 Å². The van der Waals surface area contributed by atoms with Gasteiger partial charge < -0.3 is 14.8 Å². The fraction of sp³-hybridized carbons (Fsp3) is 0.294. The zero-order chi connectivity index (χ0) is 15.5. The van der Waals surface area contributed by atoms with E-state index < -0.39 is 0 Å². The normalized spacial score (nSPS) is 17.5. The monoisotopic (exact) mass is 297 g/mol. The third-order valence-electron chi connectivity index (χ3n) is 4.04. The van der Waals surface area contributed by atoms with Crippen molar-refractivity contribution in [3.05, 3.63) is 64.6 Å². The lowest BCUT2D eigenvalue weighted by molar-refractivity contribution is 0.207. The van der Waals surface area contributed by atoms with Crippen molar-refractivity contribution in [2.75, 3.05) is 11.9 Å². The van der Waals surface area contributed by atoms with Crippen molar-refractivity contribution in [2.24, 2.45) is 7.05 Å². The molecule has 2 aromatic rings. The topological polar surface area (TPSA) is 54.3 Å². The molecule has 1 fully saturated rings. The third kappa shape index (κ3) is 2.88. The fourth-order valence-electron chi connectivity index (χ4n) is 2.89. The first-order valence-corrected chi connectivity index (χ1v) is 7.44. The van der Waals surface area contributed by atoms with Crippen molar-refractivity contribution >= 4 is 11.7 Å². The molecule has 1 atom stereocenters. The summed E-state index contributed by atoms with van der Waals surface area (Å²) >= 11 is 0. The van der Waals surface area contributed by atoms with Gasteiger partial charge >= 0.3 is 6.03 Å². The summed E-state index contributed by atoms with van der Waals surface area (Å²) in [5, 5.41) is 2.88. The van der Waals surface area contributed by atoms with Crippen LogP contribution in [-0.4, -0.2) is 22.0 Å². The summed E-state index contributed by atoms with van der Waals surface area (Å²) in [5.74, 6) is 0. The lowest BCUT2D eigenvalue weighted by atomic mass is 10.1. The minimum atomic E-state index is -0.120. The van der Waals surface area contributed by atoms with Crippen LogP contribution >= 0.6 is 0 Å². The second-order valence-electron chi connectivity index (χ2n) is 5.56. The van der Waals surface area contributed by atoms with E-state index >= 15 is 0 Å². The Morgan fingerprint density at radius 3 is 2.68 bits per heavy atom. The van der Waals surface area contributed by atoms with Crippen molar-refractivity contribution in [1.29, 1.82) is 0 Å². The largest absolute Gasteiger partial charge is 0.322 e. The van der Waals surface area contributed by atoms with E-state index in [4.69, 9.17) is 0 Å². The molecular weight excluding hydrogens is 278 g/mol. The number of amides is 2. The maximum absolute atomic E-state index is 12.5. The predicted molar refractivity (Wildman–Crippen MR) is 85.8 cm³/mol. The Morgan fingerprint density at radius 1 is 1.18 bits per heavy atom. The number of carbonyl (C=O) groups is 1. The average Bonchev–Trinajstić information content (AvgIpc) is 3.01. The number of hydrogen-bond acceptors (Lipinski definition) is 2. The molecule has 0 spiro atoms. The number of carbonyl (C=O) groups excluding carboxylic acids is 1. The van der Waals surface area contributed by atoms with Crippen LogP contribution in [0.3, 0.4) is 0 Å². The Bertz CT molecular complexity index is 724. The molecule has 22 heavy (non-hydrogen) atoms. The predicted octanol–water partition coefficient (Wildman–Crippen LogP) is 2.75. The molecule has 5 nitrogen and oxygen atoms in total. The lowest BCUT2D eigenvalue weighted by Gasteiger charge is -2.25. The van der Waals surface area contributed by atoms with Gasteiger partial charge in [0.05, 0.1) is 11.7 Å². The summed E-state index contributed by atoms with van der Waals surface area (Å²) in [5.41, 5.74) is 1.70. The van der Waals surface area contributed by atoms with Crippen LogP contribution in [0.25, 0.3) is 0 Å². The molecule has 1 aliphatic rings. The van der Waals surface area contributed by atoms with Crippen molar-refractivity contribution < 1.29 is 4.79 Å². The molecule has 2 amide bonds. The minimum absolute atomic E-state index is 0.0960. The van der Waals surface area contributed by atoms with Crippen LogP contribution in [0, 0.1) is 0 Å². The first kappa shape index (κ1) is 14.4. The van der Waals surface area contributed by atoms with Gasteiger partial charge in [-0.3, -0.25) is 4.79 Å². The van der Waals surface area contributed by atoms with Crippen LogP contribution in [0.15, 0.2) is 53.5 Å². The van der Waals surface area contributed by atoms with E-state index in [-0.39, 0.29) is 17.6 Å². The molecule has 1 unspecified atom stereocenters. The second kappa shape index (κ2) is 6.05. The van der Waals surface area contributed by atoms with Gasteiger partial charge in [0.2, 0.25) is 5.56 Å². The minimum Gasteiger partial charge on any atom is -0.317 e. The Hall–Kier alpha value is -2.56. The van der Waals surface area contributed by atoms with Gasteiger partial charge in [0.25, 0.3) is 0 Å². The summed E-state index contributed by atoms with van der Waals surface area (Å²) in [6.45, 7) is 0.747. The van der Waals surface area contributed by atoms with Crippen LogP contribution in [-0.2, 0) is 7.05 Å². The number of urea groups is 1. The Morgan fingerprint density at radius 2 is 1.95 bits per heavy atom. The summed E-state index contributed by atoms with van der Waals surface area (Å²) in [4.78, 5) is 25.8. The van der Waals surface area contributed by atoms with Crippen LogP contribution < -0.4 is 10.9 Å². The molecule has 1 N–H and O–H groups in total. The van der Waals surface area contributed by atoms with E-state index in [9.17, 15) is 9.59 Å². The number of benzene rings is 1. The van der Waals surface area contributed by atoms with Crippen molar-refractivity contribution in [3.63, 3.8) is 0 Å². The number of nitrogens with one attached hydrogen (secondary N) is 1. The van der Waals surface area contributed by atoms with Crippen molar-refractivity contribution in [3.8, 4) is 0 Å². The van der Waals surface area contributed by atoms with E-state index in [0.29, 0.717) is 5.69 Å². The van der Waals surface area contributed by atoms with Crippen molar-refractivity contribution in [2.45, 2.75) is 18.9 Å². The molecule has 0 radical (unpaired) electrons. The van der Waals surface area contributed by atoms with Gasteiger partial charge in [-0.1, -0.05) is 30.3 Å². The SMILES string of the molecule is Cn1cc(NC(=O)N2CCCC2c2ccccc2)ccc1=O. The fourth-order valence-corrected chi connectivity index (χ4v) is 2.89. The number of aryl methyl sites for hydroxylation is 1. The Kier molecular flexibility index (Phi) is 3.96. The standard InChI is InChI=1S/C17H19N3O2/c1-19-12-14(9-10-16(19)21)18-17(22)20-11-5-8-15(20)13-6-3-2-4-7-13/h2-4,6-7,9-10,12,15H,5,8,11H2,1H3,(H,18,22). The van der Waals surface area contributed by atoms with Gasteiger partial charge in [-0.2, -0.15) is 0 Å². The molecular formula is C17H19N3O2. The molecule has 1 aliphatic heterocycles. The highest BCUT2D eigenvalue weighted by Crippen LogP contribution is 2.32. The molecule has 1 aromatic heterocycles. The van der Waals surface area contributed by atoms with E-state index in [0.717, 1.165) is 24.9 Å². The van der Waals surface area contributed by atoms with Gasteiger partial charge in [0, 0.05) is 25.9 Å². The highest BCUT2D eigenvalue weighted by Gasteiger charge is 2.29. The third-order valence-corrected chi connectivity index (χ3v) is 4.04. The molecule has 3 rings (SSSR count). The second-order valence-corrected chi connectivity index (χ2v) is 5.56. The molecule has 0 saturated carbocycles. The quantitative estimate of drug-likeness (QED) is 0.926. The number of rotatable bonds is 2. The maximum atomic E-state index is 12.5. The average molecular weight is 297 g/mol. The zero-order valence-electron chi connectivity index (χ0n) is 12.5. The summed E-state index contributed by atoms with van der Waals surface area (Å²) in [7, 11) is 1.67. The molecule has 0 aliphatic carbocycles. The first-order valence-electron chi connectivity index (χ1n) is 7.44. The van der Waals surface area contributed by atoms with Crippen LogP contribution in [0.2, 0.25) is 0 Å². The summed E-state index contributed by atoms with van der Waals surface area (Å²) < 4.78 is 1.45. The molecule has 1 saturated heterocycles. The number of hydrogen-bond donors (Lipinski definition) is 1. The van der Waals surface area contributed by atoms with Crippen LogP contribution in [0.5, 0.6) is 0 Å². The number of anilines is 1. The number of aromatic nitrogens is 1. The van der Waals surface area contributed by atoms with Gasteiger partial charge in [-0.15, -0.1) is 0 Å². The highest BCUT2D eigenvalue weighted by atomic mass is 16.2. The molecule has 5 heteroatoms. The number of pyridine rings is 1. The Balaban J connectivity index is 1.76. The van der Waals surface area contributed by atoms with E-state index in [2.05, 4.69) is 17.4 Å². The summed E-state index contributed by atoms with van der Waals surface area (Å²) in [6.07, 6.45) is 3.61. The highest BCUT2D eigenvalue weighted by molar-refractivity contribution is 5.89. The molecule has 114 valence electrons. The van der Waals surface area contributed by atoms with Gasteiger partial charge in [0.15, 0.2) is 0 Å². The maximum Gasteiger partial charge on any atom is 0.322 e. The van der Waals surface area contributed by atoms with Gasteiger partial charge in [-0.05, 0) is 24.5 Å². The van der Waals surface area contributed by atoms with Crippen LogP contribution in [0.1, 0.15) is 24.4 Å². The molecule has 2 heterocycles. The molecule has 0 bridgehead atoms. The molecule has 1 aromatic carbocycles. The van der Waals surface area contributed by atoms with Crippen LogP contribution in [0.4, 0.5) is 10.5 Å². The van der Waals surface area contributed by atoms with Crippen molar-refractivity contribution in [1.82, 2.24) is 9.47 Å². The van der Waals surface area contributed by atoms with Gasteiger partial charge in [-0.25, -0.2) is 4.79 Å². The number of nitrogens with zero attached hydrogens (tertiary/aromatic N) is 2. The summed E-state index contributed by atoms with van der Waals surface area (Å²) in [6, 6.07) is 13.2. The zero-order valence-corrected chi connectivity index (χ0v) is 12.5.